The van der Waals surface area contributed by atoms with E-state index in [1.807, 2.05) is 18.2 Å². The molecule has 5 rings (SSSR count). The van der Waals surface area contributed by atoms with Crippen LogP contribution < -0.4 is 5.32 Å². The highest BCUT2D eigenvalue weighted by Crippen LogP contribution is 2.40. The number of hydrogen-bond acceptors (Lipinski definition) is 4. The van der Waals surface area contributed by atoms with Crippen molar-refractivity contribution in [3.05, 3.63) is 70.9 Å². The standard InChI is InChI=1S/C20H14F2N4O2/c1-10-18-14(11-6-12(21)8-13(22)7-11)9-17(27)24-19(18)26(25-10)20-23-15-4-2-3-5-16(15)28-20/h2-8,14H,9H2,1H3,(H,24,27). The molecule has 140 valence electrons. The maximum Gasteiger partial charge on any atom is 0.325 e. The first-order valence-corrected chi connectivity index (χ1v) is 8.71. The van der Waals surface area contributed by atoms with Gasteiger partial charge in [0.25, 0.3) is 0 Å². The number of oxazole rings is 1. The number of nitrogens with zero attached hydrogens (tertiary/aromatic N) is 3. The van der Waals surface area contributed by atoms with Crippen LogP contribution in [0.2, 0.25) is 0 Å². The van der Waals surface area contributed by atoms with Crippen LogP contribution in [0.3, 0.4) is 0 Å². The van der Waals surface area contributed by atoms with Crippen molar-refractivity contribution in [1.29, 1.82) is 0 Å². The molecule has 1 atom stereocenters. The van der Waals surface area contributed by atoms with Gasteiger partial charge in [0.1, 0.15) is 23.0 Å². The smallest absolute Gasteiger partial charge is 0.325 e. The largest absolute Gasteiger partial charge is 0.422 e. The molecule has 6 nitrogen and oxygen atoms in total. The van der Waals surface area contributed by atoms with Crippen molar-refractivity contribution >= 4 is 22.8 Å². The lowest BCUT2D eigenvalue weighted by Crippen LogP contribution is -2.25. The zero-order valence-electron chi connectivity index (χ0n) is 14.7. The fourth-order valence-electron chi connectivity index (χ4n) is 3.70. The number of halogens is 2. The number of rotatable bonds is 2. The Hall–Kier alpha value is -3.55. The van der Waals surface area contributed by atoms with Gasteiger partial charge >= 0.3 is 6.01 Å². The number of aromatic nitrogens is 3. The predicted molar refractivity (Wildman–Crippen MR) is 97.3 cm³/mol. The molecule has 1 unspecified atom stereocenters. The molecule has 2 aromatic heterocycles. The second-order valence-corrected chi connectivity index (χ2v) is 6.73. The van der Waals surface area contributed by atoms with Gasteiger partial charge in [-0.25, -0.2) is 8.78 Å². The van der Waals surface area contributed by atoms with Crippen molar-refractivity contribution in [3.8, 4) is 6.01 Å². The quantitative estimate of drug-likeness (QED) is 0.569. The number of fused-ring (bicyclic) bond motifs is 2. The summed E-state index contributed by atoms with van der Waals surface area (Å²) in [6.07, 6.45) is 0.0655. The van der Waals surface area contributed by atoms with E-state index >= 15 is 0 Å². The van der Waals surface area contributed by atoms with E-state index < -0.39 is 17.6 Å². The molecule has 0 saturated carbocycles. The molecule has 1 aliphatic heterocycles. The first-order valence-electron chi connectivity index (χ1n) is 8.71. The van der Waals surface area contributed by atoms with E-state index in [-0.39, 0.29) is 18.3 Å². The molecular weight excluding hydrogens is 366 g/mol. The highest BCUT2D eigenvalue weighted by Gasteiger charge is 2.34. The van der Waals surface area contributed by atoms with Gasteiger partial charge < -0.3 is 9.73 Å². The van der Waals surface area contributed by atoms with E-state index in [0.717, 1.165) is 6.07 Å². The highest BCUT2D eigenvalue weighted by molar-refractivity contribution is 5.95. The highest BCUT2D eigenvalue weighted by atomic mass is 19.1. The summed E-state index contributed by atoms with van der Waals surface area (Å²) in [5.41, 5.74) is 2.93. The van der Waals surface area contributed by atoms with Gasteiger partial charge in [-0.15, -0.1) is 0 Å². The maximum atomic E-state index is 13.8. The van der Waals surface area contributed by atoms with Crippen LogP contribution in [0, 0.1) is 18.6 Å². The average molecular weight is 380 g/mol. The number of nitrogens with one attached hydrogen (secondary N) is 1. The Morgan fingerprint density at radius 1 is 1.18 bits per heavy atom. The number of amides is 1. The first-order chi connectivity index (χ1) is 13.5. The molecule has 4 aromatic rings. The molecule has 0 spiro atoms. The minimum atomic E-state index is -0.688. The fraction of sp³-hybridized carbons (Fsp3) is 0.150. The van der Waals surface area contributed by atoms with Gasteiger partial charge in [0.15, 0.2) is 5.58 Å². The molecule has 2 aromatic carbocycles. The predicted octanol–water partition coefficient (Wildman–Crippen LogP) is 4.07. The van der Waals surface area contributed by atoms with Crippen molar-refractivity contribution in [2.45, 2.75) is 19.3 Å². The summed E-state index contributed by atoms with van der Waals surface area (Å²) in [4.78, 5) is 16.8. The van der Waals surface area contributed by atoms with E-state index in [1.54, 1.807) is 13.0 Å². The Kier molecular flexibility index (Phi) is 3.55. The van der Waals surface area contributed by atoms with Gasteiger partial charge in [0.2, 0.25) is 5.91 Å². The Bertz CT molecular complexity index is 1190. The number of carbonyl (C=O) groups excluding carboxylic acids is 1. The summed E-state index contributed by atoms with van der Waals surface area (Å²) in [5, 5.41) is 7.27. The van der Waals surface area contributed by atoms with Crippen LogP contribution >= 0.6 is 0 Å². The third-order valence-electron chi connectivity index (χ3n) is 4.85. The second kappa shape index (κ2) is 5.98. The maximum absolute atomic E-state index is 13.8. The third kappa shape index (κ3) is 2.57. The van der Waals surface area contributed by atoms with Gasteiger partial charge in [0, 0.05) is 24.0 Å². The minimum Gasteiger partial charge on any atom is -0.422 e. The molecule has 0 fully saturated rings. The molecule has 28 heavy (non-hydrogen) atoms. The monoisotopic (exact) mass is 380 g/mol. The lowest BCUT2D eigenvalue weighted by atomic mass is 9.85. The van der Waals surface area contributed by atoms with E-state index in [9.17, 15) is 13.6 Å². The fourth-order valence-corrected chi connectivity index (χ4v) is 3.70. The second-order valence-electron chi connectivity index (χ2n) is 6.73. The lowest BCUT2D eigenvalue weighted by molar-refractivity contribution is -0.116. The van der Waals surface area contributed by atoms with Crippen LogP contribution in [0.25, 0.3) is 17.1 Å². The Morgan fingerprint density at radius 2 is 1.93 bits per heavy atom. The number of carbonyl (C=O) groups is 1. The summed E-state index contributed by atoms with van der Waals surface area (Å²) < 4.78 is 34.7. The third-order valence-corrected chi connectivity index (χ3v) is 4.85. The average Bonchev–Trinajstić information content (AvgIpc) is 3.21. The molecule has 1 aliphatic rings. The summed E-state index contributed by atoms with van der Waals surface area (Å²) in [5.74, 6) is -1.78. The number of benzene rings is 2. The van der Waals surface area contributed by atoms with Gasteiger partial charge in [-0.1, -0.05) is 12.1 Å². The first kappa shape index (κ1) is 16.6. The van der Waals surface area contributed by atoms with Crippen molar-refractivity contribution < 1.29 is 18.0 Å². The lowest BCUT2D eigenvalue weighted by Gasteiger charge is -2.24. The number of aryl methyl sites for hydroxylation is 1. The van der Waals surface area contributed by atoms with Crippen molar-refractivity contribution in [1.82, 2.24) is 14.8 Å². The van der Waals surface area contributed by atoms with Crippen LogP contribution in [-0.2, 0) is 4.79 Å². The topological polar surface area (TPSA) is 73.0 Å². The summed E-state index contributed by atoms with van der Waals surface area (Å²) in [6, 6.07) is 10.8. The Balaban J connectivity index is 1.69. The van der Waals surface area contributed by atoms with Crippen LogP contribution in [-0.4, -0.2) is 20.7 Å². The van der Waals surface area contributed by atoms with E-state index in [0.29, 0.717) is 33.7 Å². The molecular formula is C20H14F2N4O2. The van der Waals surface area contributed by atoms with Crippen LogP contribution in [0.4, 0.5) is 14.6 Å². The summed E-state index contributed by atoms with van der Waals surface area (Å²) in [6.45, 7) is 1.78. The van der Waals surface area contributed by atoms with E-state index in [2.05, 4.69) is 15.4 Å². The molecule has 8 heteroatoms. The van der Waals surface area contributed by atoms with Gasteiger partial charge in [-0.05, 0) is 36.8 Å². The molecule has 3 heterocycles. The molecule has 1 amide bonds. The molecule has 0 aliphatic carbocycles. The van der Waals surface area contributed by atoms with Gasteiger partial charge in [-0.3, -0.25) is 4.79 Å². The van der Waals surface area contributed by atoms with Crippen LogP contribution in [0.15, 0.2) is 46.9 Å². The summed E-state index contributed by atoms with van der Waals surface area (Å²) >= 11 is 0. The van der Waals surface area contributed by atoms with Crippen molar-refractivity contribution in [3.63, 3.8) is 0 Å². The Labute approximate surface area is 157 Å². The zero-order valence-corrected chi connectivity index (χ0v) is 14.7. The van der Waals surface area contributed by atoms with Crippen LogP contribution in [0.5, 0.6) is 0 Å². The number of para-hydroxylation sites is 2. The van der Waals surface area contributed by atoms with Crippen molar-refractivity contribution in [2.75, 3.05) is 5.32 Å². The minimum absolute atomic E-state index is 0.0655. The van der Waals surface area contributed by atoms with Crippen molar-refractivity contribution in [2.24, 2.45) is 0 Å². The molecule has 0 saturated heterocycles. The number of anilines is 1. The van der Waals surface area contributed by atoms with Gasteiger partial charge in [0.05, 0.1) is 5.69 Å². The summed E-state index contributed by atoms with van der Waals surface area (Å²) in [7, 11) is 0. The SMILES string of the molecule is Cc1nn(-c2nc3ccccc3o2)c2c1C(c1cc(F)cc(F)c1)CC(=O)N2. The Morgan fingerprint density at radius 3 is 2.68 bits per heavy atom. The molecule has 0 radical (unpaired) electrons. The van der Waals surface area contributed by atoms with E-state index in [1.165, 1.54) is 16.8 Å². The van der Waals surface area contributed by atoms with Gasteiger partial charge in [-0.2, -0.15) is 14.8 Å². The number of hydrogen-bond donors (Lipinski definition) is 1. The van der Waals surface area contributed by atoms with Crippen LogP contribution in [0.1, 0.15) is 29.2 Å². The molecule has 1 N–H and O–H groups in total. The van der Waals surface area contributed by atoms with E-state index in [4.69, 9.17) is 4.42 Å². The molecule has 0 bridgehead atoms. The zero-order chi connectivity index (χ0) is 19.4. The normalized spacial score (nSPS) is 16.2.